The maximum atomic E-state index is 4.60. The monoisotopic (exact) mass is 312 g/mol. The standard InChI is InChI=1S/C19H38NS/c1-2-3-4-5-6-7-8-9-10-11-12-13-14-15-16-17-18-20-19-21/h2-18H2,1H3,(H,20,21). The van der Waals surface area contributed by atoms with Crippen molar-refractivity contribution in [3.8, 4) is 0 Å². The molecule has 0 fully saturated rings. The highest BCUT2D eigenvalue weighted by atomic mass is 32.1. The van der Waals surface area contributed by atoms with Gasteiger partial charge in [-0.1, -0.05) is 115 Å². The van der Waals surface area contributed by atoms with Crippen LogP contribution in [0.5, 0.6) is 0 Å². The van der Waals surface area contributed by atoms with E-state index in [4.69, 9.17) is 0 Å². The maximum absolute atomic E-state index is 4.60. The van der Waals surface area contributed by atoms with Gasteiger partial charge in [-0.05, 0) is 6.42 Å². The lowest BCUT2D eigenvalue weighted by Gasteiger charge is -2.03. The fourth-order valence-electron chi connectivity index (χ4n) is 2.81. The quantitative estimate of drug-likeness (QED) is 0.172. The number of nitrogens with one attached hydrogen (secondary N) is 1. The Balaban J connectivity index is 2.91. The molecule has 0 unspecified atom stereocenters. The molecule has 21 heavy (non-hydrogen) atoms. The van der Waals surface area contributed by atoms with Gasteiger partial charge in [0.2, 0.25) is 0 Å². The summed E-state index contributed by atoms with van der Waals surface area (Å²) in [5.74, 6) is 0. The zero-order valence-corrected chi connectivity index (χ0v) is 15.2. The van der Waals surface area contributed by atoms with Crippen LogP contribution in [-0.4, -0.2) is 12.0 Å². The summed E-state index contributed by atoms with van der Waals surface area (Å²) in [6, 6.07) is 0. The molecule has 125 valence electrons. The molecule has 0 aromatic heterocycles. The van der Waals surface area contributed by atoms with Crippen molar-refractivity contribution in [2.45, 2.75) is 110 Å². The number of rotatable bonds is 18. The maximum Gasteiger partial charge on any atom is 0.134 e. The average molecular weight is 313 g/mol. The minimum Gasteiger partial charge on any atom is -0.374 e. The summed E-state index contributed by atoms with van der Waals surface area (Å²) in [5.41, 5.74) is 2.55. The Labute approximate surface area is 139 Å². The molecule has 0 atom stereocenters. The second-order valence-corrected chi connectivity index (χ2v) is 6.54. The largest absolute Gasteiger partial charge is 0.374 e. The van der Waals surface area contributed by atoms with Gasteiger partial charge in [-0.25, -0.2) is 0 Å². The van der Waals surface area contributed by atoms with Crippen molar-refractivity contribution in [3.05, 3.63) is 0 Å². The van der Waals surface area contributed by atoms with E-state index in [1.54, 1.807) is 0 Å². The average Bonchev–Trinajstić information content (AvgIpc) is 2.50. The van der Waals surface area contributed by atoms with Gasteiger partial charge in [-0.3, -0.25) is 0 Å². The van der Waals surface area contributed by atoms with Crippen LogP contribution in [0.4, 0.5) is 0 Å². The van der Waals surface area contributed by atoms with Gasteiger partial charge >= 0.3 is 0 Å². The van der Waals surface area contributed by atoms with Crippen LogP contribution in [0, 0.1) is 0 Å². The summed E-state index contributed by atoms with van der Waals surface area (Å²) < 4.78 is 0. The molecule has 0 aliphatic rings. The van der Waals surface area contributed by atoms with Crippen molar-refractivity contribution in [1.82, 2.24) is 5.32 Å². The zero-order chi connectivity index (χ0) is 15.4. The van der Waals surface area contributed by atoms with Crippen LogP contribution in [-0.2, 0) is 0 Å². The van der Waals surface area contributed by atoms with Gasteiger partial charge in [0.05, 0.1) is 0 Å². The third kappa shape index (κ3) is 19.9. The fourth-order valence-corrected chi connectivity index (χ4v) is 2.91. The van der Waals surface area contributed by atoms with Crippen molar-refractivity contribution in [2.75, 3.05) is 6.54 Å². The lowest BCUT2D eigenvalue weighted by Crippen LogP contribution is -2.10. The molecule has 0 saturated heterocycles. The first-order valence-corrected chi connectivity index (χ1v) is 9.92. The molecule has 0 spiro atoms. The second-order valence-electron chi connectivity index (χ2n) is 6.33. The van der Waals surface area contributed by atoms with E-state index in [-0.39, 0.29) is 0 Å². The van der Waals surface area contributed by atoms with Crippen molar-refractivity contribution < 1.29 is 0 Å². The van der Waals surface area contributed by atoms with Crippen LogP contribution in [0.3, 0.4) is 0 Å². The smallest absolute Gasteiger partial charge is 0.134 e. The summed E-state index contributed by atoms with van der Waals surface area (Å²) in [5, 5.41) is 2.96. The molecule has 0 saturated carbocycles. The van der Waals surface area contributed by atoms with E-state index in [2.05, 4.69) is 29.9 Å². The van der Waals surface area contributed by atoms with E-state index < -0.39 is 0 Å². The molecule has 1 radical (unpaired) electrons. The minimum atomic E-state index is 1.00. The van der Waals surface area contributed by atoms with Crippen molar-refractivity contribution in [2.24, 2.45) is 0 Å². The highest BCUT2D eigenvalue weighted by Gasteiger charge is 1.94. The van der Waals surface area contributed by atoms with Crippen molar-refractivity contribution in [1.29, 1.82) is 0 Å². The molecule has 0 aromatic carbocycles. The van der Waals surface area contributed by atoms with Gasteiger partial charge in [0, 0.05) is 6.54 Å². The molecule has 0 rings (SSSR count). The van der Waals surface area contributed by atoms with Crippen LogP contribution in [0.2, 0.25) is 0 Å². The molecule has 1 N–H and O–H groups in total. The Bertz CT molecular complexity index is 194. The third-order valence-corrected chi connectivity index (χ3v) is 4.37. The Morgan fingerprint density at radius 2 is 0.905 bits per heavy atom. The summed E-state index contributed by atoms with van der Waals surface area (Å²) in [4.78, 5) is 0. The summed E-state index contributed by atoms with van der Waals surface area (Å²) in [6.07, 6.45) is 22.8. The van der Waals surface area contributed by atoms with Gasteiger partial charge in [0.25, 0.3) is 0 Å². The highest BCUT2D eigenvalue weighted by Crippen LogP contribution is 2.13. The first-order valence-electron chi connectivity index (χ1n) is 9.51. The van der Waals surface area contributed by atoms with Crippen molar-refractivity contribution in [3.63, 3.8) is 0 Å². The number of hydrogen-bond donors (Lipinski definition) is 1. The van der Waals surface area contributed by atoms with Gasteiger partial charge < -0.3 is 5.32 Å². The Hall–Kier alpha value is -0.110. The van der Waals surface area contributed by atoms with E-state index in [0.29, 0.717) is 0 Å². The van der Waals surface area contributed by atoms with Crippen LogP contribution in [0.25, 0.3) is 0 Å². The fraction of sp³-hybridized carbons (Fsp3) is 0.947. The van der Waals surface area contributed by atoms with Crippen LogP contribution in [0.1, 0.15) is 110 Å². The number of unbranched alkanes of at least 4 members (excludes halogenated alkanes) is 15. The molecule has 2 heteroatoms. The Kier molecular flexibility index (Phi) is 19.8. The summed E-state index contributed by atoms with van der Waals surface area (Å²) in [7, 11) is 0. The molecule has 0 bridgehead atoms. The SMILES string of the molecule is CCCCCCCCCCCCCCCCCCN[C]=S. The second kappa shape index (κ2) is 19.9. The number of hydrogen-bond acceptors (Lipinski definition) is 1. The zero-order valence-electron chi connectivity index (χ0n) is 14.4. The van der Waals surface area contributed by atoms with Crippen LogP contribution >= 0.6 is 12.2 Å². The lowest BCUT2D eigenvalue weighted by atomic mass is 10.0. The van der Waals surface area contributed by atoms with E-state index in [1.807, 2.05) is 0 Å². The van der Waals surface area contributed by atoms with Crippen LogP contribution < -0.4 is 5.32 Å². The topological polar surface area (TPSA) is 12.0 Å². The predicted molar refractivity (Wildman–Crippen MR) is 100 cm³/mol. The summed E-state index contributed by atoms with van der Waals surface area (Å²) >= 11 is 4.60. The van der Waals surface area contributed by atoms with E-state index >= 15 is 0 Å². The third-order valence-electron chi connectivity index (χ3n) is 4.23. The van der Waals surface area contributed by atoms with Crippen molar-refractivity contribution >= 4 is 17.7 Å². The first-order chi connectivity index (χ1) is 10.4. The Morgan fingerprint density at radius 3 is 1.24 bits per heavy atom. The molecule has 0 amide bonds. The normalized spacial score (nSPS) is 10.7. The molecule has 0 aromatic rings. The molecular weight excluding hydrogens is 274 g/mol. The number of thiocarbonyl (C=S) groups is 1. The van der Waals surface area contributed by atoms with E-state index in [0.717, 1.165) is 6.54 Å². The minimum absolute atomic E-state index is 1.00. The summed E-state index contributed by atoms with van der Waals surface area (Å²) in [6.45, 7) is 3.29. The van der Waals surface area contributed by atoms with Gasteiger partial charge in [0.1, 0.15) is 5.49 Å². The van der Waals surface area contributed by atoms with E-state index in [9.17, 15) is 0 Å². The molecule has 1 nitrogen and oxygen atoms in total. The highest BCUT2D eigenvalue weighted by molar-refractivity contribution is 7.78. The van der Waals surface area contributed by atoms with Crippen LogP contribution in [0.15, 0.2) is 0 Å². The van der Waals surface area contributed by atoms with Gasteiger partial charge in [0.15, 0.2) is 0 Å². The predicted octanol–water partition coefficient (Wildman–Crippen LogP) is 6.67. The van der Waals surface area contributed by atoms with E-state index in [1.165, 1.54) is 103 Å². The molecule has 0 heterocycles. The molecule has 0 aliphatic heterocycles. The molecule has 0 aliphatic carbocycles. The lowest BCUT2D eigenvalue weighted by molar-refractivity contribution is 0.529. The first kappa shape index (κ1) is 20.9. The Morgan fingerprint density at radius 1 is 0.571 bits per heavy atom. The molecular formula is C19H38NS. The van der Waals surface area contributed by atoms with Gasteiger partial charge in [-0.15, -0.1) is 0 Å². The van der Waals surface area contributed by atoms with Gasteiger partial charge in [-0.2, -0.15) is 0 Å².